The molecule has 0 saturated carbocycles. The number of carbonyl (C=O) groups excluding carboxylic acids is 1. The predicted octanol–water partition coefficient (Wildman–Crippen LogP) is 3.03. The largest absolute Gasteiger partial charge is 0.289 e. The number of allylic oxidation sites excluding steroid dienone is 1. The van der Waals surface area contributed by atoms with Crippen molar-refractivity contribution in [1.82, 2.24) is 9.78 Å². The lowest BCUT2D eigenvalue weighted by molar-refractivity contribution is 0.104. The van der Waals surface area contributed by atoms with Crippen molar-refractivity contribution in [2.45, 2.75) is 26.3 Å². The van der Waals surface area contributed by atoms with Crippen LogP contribution in [0.2, 0.25) is 0 Å². The zero-order chi connectivity index (χ0) is 19.1. The van der Waals surface area contributed by atoms with E-state index in [-0.39, 0.29) is 23.1 Å². The van der Waals surface area contributed by atoms with E-state index in [4.69, 9.17) is 0 Å². The van der Waals surface area contributed by atoms with Crippen LogP contribution in [-0.4, -0.2) is 35.5 Å². The van der Waals surface area contributed by atoms with E-state index >= 15 is 0 Å². The number of hydrogen-bond donors (Lipinski definition) is 0. The summed E-state index contributed by atoms with van der Waals surface area (Å²) >= 11 is 0. The maximum Gasteiger partial charge on any atom is 0.188 e. The second kappa shape index (κ2) is 6.75. The molecule has 2 aromatic rings. The summed E-state index contributed by atoms with van der Waals surface area (Å²) in [6, 6.07) is 2.57. The molecule has 1 aromatic heterocycles. The van der Waals surface area contributed by atoms with E-state index in [0.29, 0.717) is 23.7 Å². The SMILES string of the molecule is Cc1nn([C@@H]2CCS(=O)(=O)C2)c(C)c1/C=C/C(=O)c1ccc(F)cc1F. The Bertz CT molecular complexity index is 1010. The van der Waals surface area contributed by atoms with Crippen LogP contribution < -0.4 is 0 Å². The Morgan fingerprint density at radius 1 is 1.31 bits per heavy atom. The third kappa shape index (κ3) is 3.60. The molecule has 1 saturated heterocycles. The molecule has 0 radical (unpaired) electrons. The van der Waals surface area contributed by atoms with Crippen molar-refractivity contribution < 1.29 is 22.0 Å². The Labute approximate surface area is 150 Å². The van der Waals surface area contributed by atoms with Crippen LogP contribution in [0.15, 0.2) is 24.3 Å². The molecule has 1 fully saturated rings. The van der Waals surface area contributed by atoms with Crippen molar-refractivity contribution in [3.05, 3.63) is 58.4 Å². The maximum atomic E-state index is 13.7. The number of sulfone groups is 1. The Morgan fingerprint density at radius 2 is 2.04 bits per heavy atom. The summed E-state index contributed by atoms with van der Waals surface area (Å²) in [4.78, 5) is 12.2. The number of aryl methyl sites for hydroxylation is 1. The van der Waals surface area contributed by atoms with Gasteiger partial charge < -0.3 is 0 Å². The number of carbonyl (C=O) groups is 1. The zero-order valence-electron chi connectivity index (χ0n) is 14.4. The number of hydrogen-bond acceptors (Lipinski definition) is 4. The van der Waals surface area contributed by atoms with Crippen molar-refractivity contribution in [3.63, 3.8) is 0 Å². The van der Waals surface area contributed by atoms with Crippen molar-refractivity contribution in [1.29, 1.82) is 0 Å². The van der Waals surface area contributed by atoms with Gasteiger partial charge in [0.2, 0.25) is 0 Å². The summed E-state index contributed by atoms with van der Waals surface area (Å²) < 4.78 is 51.7. The predicted molar refractivity (Wildman–Crippen MR) is 93.7 cm³/mol. The van der Waals surface area contributed by atoms with Gasteiger partial charge in [-0.15, -0.1) is 0 Å². The Hall–Kier alpha value is -2.35. The lowest BCUT2D eigenvalue weighted by atomic mass is 10.1. The summed E-state index contributed by atoms with van der Waals surface area (Å²) in [7, 11) is -3.04. The highest BCUT2D eigenvalue weighted by Gasteiger charge is 2.31. The van der Waals surface area contributed by atoms with Crippen LogP contribution in [0.4, 0.5) is 8.78 Å². The van der Waals surface area contributed by atoms with Gasteiger partial charge in [0, 0.05) is 17.3 Å². The van der Waals surface area contributed by atoms with Crippen LogP contribution in [0.3, 0.4) is 0 Å². The lowest BCUT2D eigenvalue weighted by Crippen LogP contribution is -2.13. The number of aromatic nitrogens is 2. The Balaban J connectivity index is 1.86. The number of halogens is 2. The fraction of sp³-hybridized carbons (Fsp3) is 0.333. The second-order valence-electron chi connectivity index (χ2n) is 6.41. The van der Waals surface area contributed by atoms with Crippen molar-refractivity contribution in [2.24, 2.45) is 0 Å². The minimum absolute atomic E-state index is 0.0534. The van der Waals surface area contributed by atoms with Crippen molar-refractivity contribution in [2.75, 3.05) is 11.5 Å². The number of nitrogens with zero attached hydrogens (tertiary/aromatic N) is 2. The van der Waals surface area contributed by atoms with E-state index in [9.17, 15) is 22.0 Å². The summed E-state index contributed by atoms with van der Waals surface area (Å²) in [5.41, 5.74) is 1.86. The molecule has 1 aliphatic rings. The van der Waals surface area contributed by atoms with E-state index in [1.807, 2.05) is 0 Å². The first kappa shape index (κ1) is 18.4. The average molecular weight is 380 g/mol. The average Bonchev–Trinajstić information content (AvgIpc) is 3.04. The first-order chi connectivity index (χ1) is 12.2. The minimum Gasteiger partial charge on any atom is -0.289 e. The molecule has 1 aromatic carbocycles. The minimum atomic E-state index is -3.04. The summed E-state index contributed by atoms with van der Waals surface area (Å²) in [5, 5.41) is 4.40. The highest BCUT2D eigenvalue weighted by atomic mass is 32.2. The maximum absolute atomic E-state index is 13.7. The summed E-state index contributed by atoms with van der Waals surface area (Å²) in [6.07, 6.45) is 3.25. The third-order valence-electron chi connectivity index (χ3n) is 4.53. The molecule has 3 rings (SSSR count). The molecule has 1 aliphatic heterocycles. The molecule has 8 heteroatoms. The lowest BCUT2D eigenvalue weighted by Gasteiger charge is -2.10. The molecule has 0 aliphatic carbocycles. The monoisotopic (exact) mass is 380 g/mol. The number of rotatable bonds is 4. The van der Waals surface area contributed by atoms with E-state index in [1.165, 1.54) is 12.2 Å². The molecule has 26 heavy (non-hydrogen) atoms. The van der Waals surface area contributed by atoms with Crippen LogP contribution in [-0.2, 0) is 9.84 Å². The van der Waals surface area contributed by atoms with Gasteiger partial charge in [-0.05, 0) is 44.6 Å². The van der Waals surface area contributed by atoms with E-state index < -0.39 is 27.3 Å². The Morgan fingerprint density at radius 3 is 2.65 bits per heavy atom. The molecule has 0 N–H and O–H groups in total. The smallest absolute Gasteiger partial charge is 0.188 e. The van der Waals surface area contributed by atoms with Gasteiger partial charge >= 0.3 is 0 Å². The van der Waals surface area contributed by atoms with Gasteiger partial charge in [-0.3, -0.25) is 9.48 Å². The molecular weight excluding hydrogens is 362 g/mol. The zero-order valence-corrected chi connectivity index (χ0v) is 15.2. The van der Waals surface area contributed by atoms with Gasteiger partial charge in [-0.25, -0.2) is 17.2 Å². The van der Waals surface area contributed by atoms with E-state index in [2.05, 4.69) is 5.10 Å². The second-order valence-corrected chi connectivity index (χ2v) is 8.64. The van der Waals surface area contributed by atoms with Crippen LogP contribution in [0.25, 0.3) is 6.08 Å². The normalized spacial score (nSPS) is 19.3. The highest BCUT2D eigenvalue weighted by molar-refractivity contribution is 7.91. The molecule has 0 unspecified atom stereocenters. The van der Waals surface area contributed by atoms with Crippen LogP contribution in [0.1, 0.15) is 39.8 Å². The number of benzene rings is 1. The fourth-order valence-corrected chi connectivity index (χ4v) is 4.87. The first-order valence-electron chi connectivity index (χ1n) is 8.11. The molecule has 0 spiro atoms. The standard InChI is InChI=1S/C18H18F2N2O3S/c1-11-15(5-6-18(23)16-4-3-13(19)9-17(16)20)12(2)22(21-11)14-7-8-26(24,25)10-14/h3-6,9,14H,7-8,10H2,1-2H3/b6-5+/t14-/m1/s1. The summed E-state index contributed by atoms with van der Waals surface area (Å²) in [5.74, 6) is -2.05. The molecular formula is C18H18F2N2O3S. The van der Waals surface area contributed by atoms with Crippen LogP contribution in [0.5, 0.6) is 0 Å². The number of ketones is 1. The molecule has 2 heterocycles. The van der Waals surface area contributed by atoms with Crippen molar-refractivity contribution >= 4 is 21.7 Å². The quantitative estimate of drug-likeness (QED) is 0.604. The van der Waals surface area contributed by atoms with Gasteiger partial charge in [0.1, 0.15) is 11.6 Å². The van der Waals surface area contributed by atoms with Crippen LogP contribution >= 0.6 is 0 Å². The molecule has 1 atom stereocenters. The molecule has 138 valence electrons. The van der Waals surface area contributed by atoms with E-state index in [1.54, 1.807) is 18.5 Å². The van der Waals surface area contributed by atoms with Gasteiger partial charge in [0.05, 0.1) is 28.8 Å². The topological polar surface area (TPSA) is 69.0 Å². The van der Waals surface area contributed by atoms with Gasteiger partial charge in [0.25, 0.3) is 0 Å². The molecule has 0 bridgehead atoms. The third-order valence-corrected chi connectivity index (χ3v) is 6.28. The van der Waals surface area contributed by atoms with Gasteiger partial charge in [-0.1, -0.05) is 0 Å². The molecule has 0 amide bonds. The molecule has 5 nitrogen and oxygen atoms in total. The highest BCUT2D eigenvalue weighted by Crippen LogP contribution is 2.27. The first-order valence-corrected chi connectivity index (χ1v) is 9.93. The fourth-order valence-electron chi connectivity index (χ4n) is 3.18. The van der Waals surface area contributed by atoms with Crippen molar-refractivity contribution in [3.8, 4) is 0 Å². The van der Waals surface area contributed by atoms with Crippen LogP contribution in [0, 0.1) is 25.5 Å². The Kier molecular flexibility index (Phi) is 4.79. The van der Waals surface area contributed by atoms with Gasteiger partial charge in [0.15, 0.2) is 15.6 Å². The van der Waals surface area contributed by atoms with E-state index in [0.717, 1.165) is 17.8 Å². The summed E-state index contributed by atoms with van der Waals surface area (Å²) in [6.45, 7) is 3.56. The van der Waals surface area contributed by atoms with Gasteiger partial charge in [-0.2, -0.15) is 5.10 Å².